The van der Waals surface area contributed by atoms with Crippen molar-refractivity contribution in [2.75, 3.05) is 19.6 Å². The number of rotatable bonds is 3. The summed E-state index contributed by atoms with van der Waals surface area (Å²) in [5, 5.41) is 6.05. The smallest absolute Gasteiger partial charge is 0.168 e. The molecule has 19 heavy (non-hydrogen) atoms. The van der Waals surface area contributed by atoms with Gasteiger partial charge in [-0.15, -0.1) is 6.58 Å². The lowest BCUT2D eigenvalue weighted by atomic mass is 9.91. The molecule has 0 radical (unpaired) electrons. The molecule has 3 rings (SSSR count). The van der Waals surface area contributed by atoms with Crippen molar-refractivity contribution < 1.29 is 4.52 Å². The Bertz CT molecular complexity index is 585. The molecular weight excluding hydrogens is 260 g/mol. The van der Waals surface area contributed by atoms with Gasteiger partial charge in [0.1, 0.15) is 0 Å². The highest BCUT2D eigenvalue weighted by Gasteiger charge is 2.24. The van der Waals surface area contributed by atoms with E-state index in [0.29, 0.717) is 10.9 Å². The maximum Gasteiger partial charge on any atom is 0.168 e. The fourth-order valence-electron chi connectivity index (χ4n) is 2.80. The Morgan fingerprint density at radius 2 is 2.21 bits per heavy atom. The Labute approximate surface area is 117 Å². The summed E-state index contributed by atoms with van der Waals surface area (Å²) < 4.78 is 5.39. The third-order valence-electron chi connectivity index (χ3n) is 3.82. The molecule has 4 heteroatoms. The Morgan fingerprint density at radius 3 is 2.95 bits per heavy atom. The molecule has 0 spiro atoms. The summed E-state index contributed by atoms with van der Waals surface area (Å²) in [7, 11) is 0. The molecule has 1 fully saturated rings. The zero-order valence-corrected chi connectivity index (χ0v) is 11.6. The normalized spacial score (nSPS) is 17.9. The highest BCUT2D eigenvalue weighted by atomic mass is 35.5. The minimum absolute atomic E-state index is 0.489. The zero-order chi connectivity index (χ0) is 13.2. The Balaban J connectivity index is 1.80. The molecule has 0 N–H and O–H groups in total. The second-order valence-corrected chi connectivity index (χ2v) is 5.51. The van der Waals surface area contributed by atoms with Crippen LogP contribution in [0, 0.1) is 0 Å². The summed E-state index contributed by atoms with van der Waals surface area (Å²) in [5.74, 6) is 0.489. The Morgan fingerprint density at radius 1 is 1.42 bits per heavy atom. The van der Waals surface area contributed by atoms with E-state index in [-0.39, 0.29) is 0 Å². The van der Waals surface area contributed by atoms with E-state index >= 15 is 0 Å². The van der Waals surface area contributed by atoms with Gasteiger partial charge in [0, 0.05) is 28.9 Å². The van der Waals surface area contributed by atoms with E-state index in [2.05, 4.69) is 16.6 Å². The molecule has 2 aromatic rings. The first-order valence-electron chi connectivity index (χ1n) is 6.66. The first kappa shape index (κ1) is 12.7. The molecule has 100 valence electrons. The summed E-state index contributed by atoms with van der Waals surface area (Å²) in [6, 6.07) is 5.75. The number of hydrogen-bond donors (Lipinski definition) is 0. The van der Waals surface area contributed by atoms with Crippen molar-refractivity contribution in [2.24, 2.45) is 0 Å². The van der Waals surface area contributed by atoms with E-state index < -0.39 is 0 Å². The lowest BCUT2D eigenvalue weighted by molar-refractivity contribution is 0.229. The van der Waals surface area contributed by atoms with Crippen molar-refractivity contribution in [1.29, 1.82) is 0 Å². The summed E-state index contributed by atoms with van der Waals surface area (Å²) in [5.41, 5.74) is 1.88. The third kappa shape index (κ3) is 2.53. The molecule has 0 amide bonds. The van der Waals surface area contributed by atoms with Crippen LogP contribution in [0.1, 0.15) is 24.5 Å². The van der Waals surface area contributed by atoms with E-state index in [4.69, 9.17) is 16.1 Å². The van der Waals surface area contributed by atoms with Gasteiger partial charge in [-0.1, -0.05) is 22.8 Å². The summed E-state index contributed by atoms with van der Waals surface area (Å²) in [4.78, 5) is 2.42. The average molecular weight is 277 g/mol. The maximum absolute atomic E-state index is 5.96. The van der Waals surface area contributed by atoms with Gasteiger partial charge < -0.3 is 4.52 Å². The summed E-state index contributed by atoms with van der Waals surface area (Å²) in [6.07, 6.45) is 4.21. The van der Waals surface area contributed by atoms with Crippen molar-refractivity contribution in [3.8, 4) is 0 Å². The van der Waals surface area contributed by atoms with Crippen LogP contribution in [0.15, 0.2) is 35.4 Å². The van der Waals surface area contributed by atoms with Crippen molar-refractivity contribution in [3.05, 3.63) is 41.6 Å². The second-order valence-electron chi connectivity index (χ2n) is 5.07. The maximum atomic E-state index is 5.96. The van der Waals surface area contributed by atoms with Crippen LogP contribution in [-0.2, 0) is 0 Å². The third-order valence-corrected chi connectivity index (χ3v) is 4.06. The quantitative estimate of drug-likeness (QED) is 0.798. The molecule has 1 saturated heterocycles. The van der Waals surface area contributed by atoms with Gasteiger partial charge in [-0.3, -0.25) is 4.90 Å². The first-order valence-corrected chi connectivity index (χ1v) is 7.04. The SMILES string of the molecule is C=CCN1CCC(c2noc3cc(Cl)ccc23)CC1. The lowest BCUT2D eigenvalue weighted by Crippen LogP contribution is -2.33. The molecule has 0 atom stereocenters. The van der Waals surface area contributed by atoms with E-state index in [1.807, 2.05) is 24.3 Å². The van der Waals surface area contributed by atoms with Crippen molar-refractivity contribution >= 4 is 22.6 Å². The number of halogens is 1. The standard InChI is InChI=1S/C15H17ClN2O/c1-2-7-18-8-5-11(6-9-18)15-13-4-3-12(16)10-14(13)19-17-15/h2-4,10-11H,1,5-9H2. The van der Waals surface area contributed by atoms with Crippen LogP contribution in [0.2, 0.25) is 5.02 Å². The average Bonchev–Trinajstić information content (AvgIpc) is 2.83. The van der Waals surface area contributed by atoms with E-state index in [1.54, 1.807) is 0 Å². The fourth-order valence-corrected chi connectivity index (χ4v) is 2.96. The van der Waals surface area contributed by atoms with Gasteiger partial charge in [0.2, 0.25) is 0 Å². The van der Waals surface area contributed by atoms with Gasteiger partial charge in [0.25, 0.3) is 0 Å². The molecule has 1 aromatic carbocycles. The topological polar surface area (TPSA) is 29.3 Å². The van der Waals surface area contributed by atoms with Crippen LogP contribution in [-0.4, -0.2) is 29.7 Å². The minimum atomic E-state index is 0.489. The van der Waals surface area contributed by atoms with Gasteiger partial charge >= 0.3 is 0 Å². The number of likely N-dealkylation sites (tertiary alicyclic amines) is 1. The van der Waals surface area contributed by atoms with Crippen LogP contribution in [0.25, 0.3) is 11.0 Å². The number of benzene rings is 1. The van der Waals surface area contributed by atoms with Gasteiger partial charge in [0.05, 0.1) is 5.69 Å². The highest BCUT2D eigenvalue weighted by Crippen LogP contribution is 2.33. The number of hydrogen-bond acceptors (Lipinski definition) is 3. The van der Waals surface area contributed by atoms with Crippen LogP contribution < -0.4 is 0 Å². The minimum Gasteiger partial charge on any atom is -0.356 e. The highest BCUT2D eigenvalue weighted by molar-refractivity contribution is 6.31. The molecule has 1 aliphatic heterocycles. The summed E-state index contributed by atoms with van der Waals surface area (Å²) in [6.45, 7) is 6.96. The largest absolute Gasteiger partial charge is 0.356 e. The molecule has 0 saturated carbocycles. The van der Waals surface area contributed by atoms with E-state index in [0.717, 1.165) is 49.1 Å². The zero-order valence-electron chi connectivity index (χ0n) is 10.8. The van der Waals surface area contributed by atoms with Gasteiger partial charge in [-0.2, -0.15) is 0 Å². The first-order chi connectivity index (χ1) is 9.28. The second kappa shape index (κ2) is 5.35. The van der Waals surface area contributed by atoms with Crippen LogP contribution in [0.5, 0.6) is 0 Å². The number of nitrogens with zero attached hydrogens (tertiary/aromatic N) is 2. The molecule has 1 aromatic heterocycles. The molecule has 3 nitrogen and oxygen atoms in total. The predicted molar refractivity (Wildman–Crippen MR) is 77.6 cm³/mol. The molecule has 0 unspecified atom stereocenters. The van der Waals surface area contributed by atoms with Gasteiger partial charge in [-0.05, 0) is 38.1 Å². The van der Waals surface area contributed by atoms with Crippen LogP contribution in [0.4, 0.5) is 0 Å². The number of aromatic nitrogens is 1. The summed E-state index contributed by atoms with van der Waals surface area (Å²) >= 11 is 5.96. The number of fused-ring (bicyclic) bond motifs is 1. The molecule has 0 aliphatic carbocycles. The Kier molecular flexibility index (Phi) is 3.58. The lowest BCUT2D eigenvalue weighted by Gasteiger charge is -2.30. The van der Waals surface area contributed by atoms with Gasteiger partial charge in [-0.25, -0.2) is 0 Å². The van der Waals surface area contributed by atoms with E-state index in [9.17, 15) is 0 Å². The Hall–Kier alpha value is -1.32. The van der Waals surface area contributed by atoms with E-state index in [1.165, 1.54) is 0 Å². The molecular formula is C15H17ClN2O. The van der Waals surface area contributed by atoms with Crippen LogP contribution >= 0.6 is 11.6 Å². The van der Waals surface area contributed by atoms with Crippen molar-refractivity contribution in [2.45, 2.75) is 18.8 Å². The van der Waals surface area contributed by atoms with Gasteiger partial charge in [0.15, 0.2) is 5.58 Å². The predicted octanol–water partition coefficient (Wildman–Crippen LogP) is 3.85. The fraction of sp³-hybridized carbons (Fsp3) is 0.400. The van der Waals surface area contributed by atoms with Crippen molar-refractivity contribution in [3.63, 3.8) is 0 Å². The molecule has 2 heterocycles. The monoisotopic (exact) mass is 276 g/mol. The van der Waals surface area contributed by atoms with Crippen molar-refractivity contribution in [1.82, 2.24) is 10.1 Å². The number of piperidine rings is 1. The van der Waals surface area contributed by atoms with Crippen LogP contribution in [0.3, 0.4) is 0 Å². The molecule has 1 aliphatic rings. The molecule has 0 bridgehead atoms.